The fourth-order valence-electron chi connectivity index (χ4n) is 2.40. The second-order valence-electron chi connectivity index (χ2n) is 5.27. The Labute approximate surface area is 155 Å². The lowest BCUT2D eigenvalue weighted by Gasteiger charge is -2.09. The van der Waals surface area contributed by atoms with E-state index in [-0.39, 0.29) is 17.2 Å². The lowest BCUT2D eigenvalue weighted by atomic mass is 10.1. The summed E-state index contributed by atoms with van der Waals surface area (Å²) in [5.74, 6) is -0.459. The third-order valence-corrected chi connectivity index (χ3v) is 4.06. The Hall–Kier alpha value is -2.61. The molecule has 0 radical (unpaired) electrons. The molecule has 0 atom stereocenters. The van der Waals surface area contributed by atoms with E-state index in [0.717, 1.165) is 12.1 Å². The van der Waals surface area contributed by atoms with Gasteiger partial charge in [0, 0.05) is 4.47 Å². The summed E-state index contributed by atoms with van der Waals surface area (Å²) in [7, 11) is 1.44. The van der Waals surface area contributed by atoms with Crippen molar-refractivity contribution in [2.24, 2.45) is 4.99 Å². The molecule has 0 N–H and O–H groups in total. The number of methoxy groups -OCH3 is 1. The van der Waals surface area contributed by atoms with Crippen molar-refractivity contribution in [3.05, 3.63) is 69.3 Å². The average Bonchev–Trinajstić information content (AvgIpc) is 2.95. The molecule has 0 fully saturated rings. The molecular formula is C18H11BrF3NO3. The third-order valence-electron chi connectivity index (χ3n) is 3.57. The van der Waals surface area contributed by atoms with Gasteiger partial charge >= 0.3 is 12.1 Å². The predicted molar refractivity (Wildman–Crippen MR) is 92.7 cm³/mol. The van der Waals surface area contributed by atoms with Crippen LogP contribution in [0.3, 0.4) is 0 Å². The number of esters is 1. The van der Waals surface area contributed by atoms with E-state index in [4.69, 9.17) is 9.47 Å². The fourth-order valence-corrected chi connectivity index (χ4v) is 2.76. The number of carbonyl (C=O) groups is 1. The summed E-state index contributed by atoms with van der Waals surface area (Å²) in [6, 6.07) is 9.94. The summed E-state index contributed by atoms with van der Waals surface area (Å²) in [6.07, 6.45) is -3.49. The van der Waals surface area contributed by atoms with Gasteiger partial charge in [0.1, 0.15) is 5.75 Å². The van der Waals surface area contributed by atoms with E-state index in [9.17, 15) is 18.0 Å². The Balaban J connectivity index is 2.05. The van der Waals surface area contributed by atoms with Crippen molar-refractivity contribution in [3.8, 4) is 5.75 Å². The Kier molecular flexibility index (Phi) is 4.86. The number of carbonyl (C=O) groups excluding carboxylic acids is 1. The van der Waals surface area contributed by atoms with Crippen molar-refractivity contribution in [1.82, 2.24) is 0 Å². The Morgan fingerprint density at radius 1 is 1.19 bits per heavy atom. The number of nitrogens with zero attached hydrogens (tertiary/aromatic N) is 1. The minimum atomic E-state index is -4.55. The Morgan fingerprint density at radius 2 is 1.92 bits per heavy atom. The minimum Gasteiger partial charge on any atom is -0.496 e. The van der Waals surface area contributed by atoms with Gasteiger partial charge in [-0.2, -0.15) is 13.2 Å². The summed E-state index contributed by atoms with van der Waals surface area (Å²) >= 11 is 3.30. The number of benzene rings is 2. The number of alkyl halides is 3. The van der Waals surface area contributed by atoms with E-state index in [2.05, 4.69) is 20.9 Å². The molecule has 1 aliphatic heterocycles. The smallest absolute Gasteiger partial charge is 0.416 e. The first-order valence-corrected chi connectivity index (χ1v) is 8.11. The van der Waals surface area contributed by atoms with E-state index in [1.807, 2.05) is 0 Å². The lowest BCUT2D eigenvalue weighted by Crippen LogP contribution is -2.08. The molecule has 0 aliphatic carbocycles. The van der Waals surface area contributed by atoms with Crippen LogP contribution in [0.1, 0.15) is 16.7 Å². The first kappa shape index (κ1) is 18.2. The molecule has 0 saturated carbocycles. The highest BCUT2D eigenvalue weighted by Gasteiger charge is 2.33. The number of halogens is 4. The Morgan fingerprint density at radius 3 is 2.62 bits per heavy atom. The summed E-state index contributed by atoms with van der Waals surface area (Å²) in [5, 5.41) is 0. The molecule has 1 heterocycles. The molecule has 0 aromatic heterocycles. The van der Waals surface area contributed by atoms with Crippen molar-refractivity contribution < 1.29 is 27.4 Å². The summed E-state index contributed by atoms with van der Waals surface area (Å²) in [4.78, 5) is 16.1. The molecule has 26 heavy (non-hydrogen) atoms. The van der Waals surface area contributed by atoms with Gasteiger partial charge in [-0.1, -0.05) is 34.1 Å². The summed E-state index contributed by atoms with van der Waals surface area (Å²) < 4.78 is 50.3. The zero-order chi connectivity index (χ0) is 18.9. The molecule has 0 saturated heterocycles. The van der Waals surface area contributed by atoms with Crippen LogP contribution in [0.2, 0.25) is 0 Å². The first-order valence-electron chi connectivity index (χ1n) is 7.32. The largest absolute Gasteiger partial charge is 0.496 e. The van der Waals surface area contributed by atoms with E-state index in [1.54, 1.807) is 18.2 Å². The average molecular weight is 426 g/mol. The first-order chi connectivity index (χ1) is 12.3. The van der Waals surface area contributed by atoms with Crippen LogP contribution in [-0.2, 0) is 15.7 Å². The highest BCUT2D eigenvalue weighted by molar-refractivity contribution is 9.10. The van der Waals surface area contributed by atoms with Crippen LogP contribution in [0, 0.1) is 0 Å². The predicted octanol–water partition coefficient (Wildman–Crippen LogP) is 4.82. The van der Waals surface area contributed by atoms with Crippen molar-refractivity contribution in [3.63, 3.8) is 0 Å². The molecule has 4 nitrogen and oxygen atoms in total. The molecule has 0 spiro atoms. The van der Waals surface area contributed by atoms with Crippen LogP contribution < -0.4 is 4.74 Å². The van der Waals surface area contributed by atoms with E-state index < -0.39 is 17.7 Å². The molecule has 134 valence electrons. The second-order valence-corrected chi connectivity index (χ2v) is 6.18. The maximum atomic E-state index is 13.1. The van der Waals surface area contributed by atoms with Crippen molar-refractivity contribution >= 4 is 33.9 Å². The number of ether oxygens (including phenoxy) is 2. The molecule has 2 aromatic carbocycles. The Bertz CT molecular complexity index is 936. The molecule has 0 bridgehead atoms. The van der Waals surface area contributed by atoms with E-state index in [1.165, 1.54) is 25.3 Å². The van der Waals surface area contributed by atoms with E-state index in [0.29, 0.717) is 15.8 Å². The standard InChI is InChI=1S/C18H11BrF3NO3/c1-25-15-7-6-11(19)9-12(15)16-23-14(17(24)26-16)8-10-4-2-3-5-13(10)18(20,21)22/h2-9H,1H3/b14-8+. The van der Waals surface area contributed by atoms with Gasteiger partial charge in [0.05, 0.1) is 18.2 Å². The molecule has 8 heteroatoms. The molecule has 1 aliphatic rings. The molecule has 3 rings (SSSR count). The molecular weight excluding hydrogens is 415 g/mol. The van der Waals surface area contributed by atoms with Crippen LogP contribution in [0.5, 0.6) is 5.75 Å². The highest BCUT2D eigenvalue weighted by atomic mass is 79.9. The number of cyclic esters (lactones) is 1. The van der Waals surface area contributed by atoms with E-state index >= 15 is 0 Å². The number of aliphatic imine (C=N–C) groups is 1. The fraction of sp³-hybridized carbons (Fsp3) is 0.111. The summed E-state index contributed by atoms with van der Waals surface area (Å²) in [6.45, 7) is 0. The van der Waals surface area contributed by atoms with Crippen molar-refractivity contribution in [2.75, 3.05) is 7.11 Å². The molecule has 0 amide bonds. The van der Waals surface area contributed by atoms with Crippen LogP contribution in [0.4, 0.5) is 13.2 Å². The van der Waals surface area contributed by atoms with Crippen LogP contribution >= 0.6 is 15.9 Å². The van der Waals surface area contributed by atoms with Gasteiger partial charge in [-0.25, -0.2) is 9.79 Å². The quantitative estimate of drug-likeness (QED) is 0.523. The number of hydrogen-bond donors (Lipinski definition) is 0. The van der Waals surface area contributed by atoms with Crippen LogP contribution in [0.25, 0.3) is 6.08 Å². The molecule has 0 unspecified atom stereocenters. The highest BCUT2D eigenvalue weighted by Crippen LogP contribution is 2.34. The van der Waals surface area contributed by atoms with Crippen LogP contribution in [0.15, 0.2) is 57.6 Å². The SMILES string of the molecule is COc1ccc(Br)cc1C1=N/C(=C/c2ccccc2C(F)(F)F)C(=O)O1. The van der Waals surface area contributed by atoms with Crippen molar-refractivity contribution in [1.29, 1.82) is 0 Å². The van der Waals surface area contributed by atoms with Gasteiger partial charge in [-0.05, 0) is 35.9 Å². The summed E-state index contributed by atoms with van der Waals surface area (Å²) in [5.41, 5.74) is -0.844. The monoisotopic (exact) mass is 425 g/mol. The zero-order valence-electron chi connectivity index (χ0n) is 13.3. The maximum Gasteiger partial charge on any atom is 0.416 e. The van der Waals surface area contributed by atoms with Crippen LogP contribution in [-0.4, -0.2) is 19.0 Å². The topological polar surface area (TPSA) is 47.9 Å². The number of hydrogen-bond acceptors (Lipinski definition) is 4. The van der Waals surface area contributed by atoms with Gasteiger partial charge in [0.2, 0.25) is 5.90 Å². The maximum absolute atomic E-state index is 13.1. The third kappa shape index (κ3) is 3.65. The normalized spacial score (nSPS) is 15.8. The van der Waals surface area contributed by atoms with Gasteiger partial charge in [-0.3, -0.25) is 0 Å². The minimum absolute atomic E-state index is 0.0381. The zero-order valence-corrected chi connectivity index (χ0v) is 14.9. The van der Waals surface area contributed by atoms with Gasteiger partial charge in [0.15, 0.2) is 5.70 Å². The van der Waals surface area contributed by atoms with Crippen molar-refractivity contribution in [2.45, 2.75) is 6.18 Å². The van der Waals surface area contributed by atoms with Gasteiger partial charge < -0.3 is 9.47 Å². The lowest BCUT2D eigenvalue weighted by molar-refractivity contribution is -0.137. The van der Waals surface area contributed by atoms with Gasteiger partial charge in [-0.15, -0.1) is 0 Å². The van der Waals surface area contributed by atoms with Gasteiger partial charge in [0.25, 0.3) is 0 Å². The second kappa shape index (κ2) is 6.95. The number of rotatable bonds is 3. The molecule has 2 aromatic rings.